The number of aliphatic hydroxyl groups is 1. The molecule has 0 bridgehead atoms. The molecular formula is C15H18BrNO2S. The minimum atomic E-state index is -0.566. The van der Waals surface area contributed by atoms with Crippen LogP contribution in [0.3, 0.4) is 0 Å². The van der Waals surface area contributed by atoms with Gasteiger partial charge in [0.2, 0.25) is 0 Å². The zero-order valence-corrected chi connectivity index (χ0v) is 14.2. The van der Waals surface area contributed by atoms with Crippen molar-refractivity contribution in [3.8, 4) is 5.75 Å². The molecule has 1 atom stereocenters. The summed E-state index contributed by atoms with van der Waals surface area (Å²) in [5, 5.41) is 12.9. The fraction of sp³-hybridized carbons (Fsp3) is 0.400. The molecular weight excluding hydrogens is 338 g/mol. The first-order valence-corrected chi connectivity index (χ1v) is 8.19. The molecule has 0 spiro atoms. The average Bonchev–Trinajstić information content (AvgIpc) is 2.86. The van der Waals surface area contributed by atoms with Crippen LogP contribution in [0.5, 0.6) is 5.75 Å². The Bertz CT molecular complexity index is 581. The number of rotatable bonds is 5. The van der Waals surface area contributed by atoms with Gasteiger partial charge in [0.25, 0.3) is 0 Å². The molecule has 5 heteroatoms. The third-order valence-electron chi connectivity index (χ3n) is 2.86. The summed E-state index contributed by atoms with van der Waals surface area (Å²) in [6.45, 7) is 6.41. The molecule has 0 saturated carbocycles. The van der Waals surface area contributed by atoms with Crippen LogP contribution in [-0.4, -0.2) is 10.1 Å². The summed E-state index contributed by atoms with van der Waals surface area (Å²) in [7, 11) is 0. The van der Waals surface area contributed by atoms with E-state index in [1.165, 1.54) is 0 Å². The van der Waals surface area contributed by atoms with Crippen LogP contribution in [0.1, 0.15) is 49.1 Å². The maximum absolute atomic E-state index is 9.79. The Morgan fingerprint density at radius 1 is 1.35 bits per heavy atom. The number of aromatic nitrogens is 1. The number of aliphatic hydroxyl groups excluding tert-OH is 1. The molecule has 0 amide bonds. The van der Waals surface area contributed by atoms with Crippen LogP contribution in [0.4, 0.5) is 0 Å². The van der Waals surface area contributed by atoms with Crippen LogP contribution in [0.25, 0.3) is 0 Å². The maximum Gasteiger partial charge on any atom is 0.131 e. The van der Waals surface area contributed by atoms with Crippen LogP contribution in [0, 0.1) is 0 Å². The molecule has 0 aliphatic carbocycles. The number of hydrogen-bond donors (Lipinski definition) is 1. The van der Waals surface area contributed by atoms with Crippen LogP contribution in [-0.2, 0) is 6.61 Å². The molecule has 0 saturated heterocycles. The van der Waals surface area contributed by atoms with E-state index in [0.29, 0.717) is 18.3 Å². The third-order valence-corrected chi connectivity index (χ3v) is 4.55. The van der Waals surface area contributed by atoms with Crippen molar-refractivity contribution in [3.05, 3.63) is 44.3 Å². The summed E-state index contributed by atoms with van der Waals surface area (Å²) in [6, 6.07) is 5.64. The zero-order chi connectivity index (χ0) is 14.7. The Kier molecular flexibility index (Phi) is 5.18. The lowest BCUT2D eigenvalue weighted by atomic mass is 10.1. The minimum absolute atomic E-state index is 0.421. The van der Waals surface area contributed by atoms with Crippen LogP contribution < -0.4 is 4.74 Å². The smallest absolute Gasteiger partial charge is 0.131 e. The summed E-state index contributed by atoms with van der Waals surface area (Å²) in [6.07, 6.45) is -0.566. The second-order valence-corrected chi connectivity index (χ2v) is 6.78. The molecule has 3 nitrogen and oxygen atoms in total. The normalized spacial score (nSPS) is 12.7. The van der Waals surface area contributed by atoms with Gasteiger partial charge in [-0.2, -0.15) is 0 Å². The van der Waals surface area contributed by atoms with E-state index in [9.17, 15) is 5.11 Å². The molecule has 1 heterocycles. The molecule has 0 radical (unpaired) electrons. The predicted octanol–water partition coefficient (Wildman–Crippen LogP) is 4.66. The lowest BCUT2D eigenvalue weighted by Gasteiger charge is -2.13. The summed E-state index contributed by atoms with van der Waals surface area (Å²) in [4.78, 5) is 4.54. The molecule has 0 unspecified atom stereocenters. The van der Waals surface area contributed by atoms with Crippen LogP contribution in [0.2, 0.25) is 0 Å². The zero-order valence-electron chi connectivity index (χ0n) is 11.8. The molecule has 0 aliphatic heterocycles. The molecule has 0 aliphatic rings. The molecule has 1 N–H and O–H groups in total. The summed E-state index contributed by atoms with van der Waals surface area (Å²) >= 11 is 5.06. The predicted molar refractivity (Wildman–Crippen MR) is 85.3 cm³/mol. The van der Waals surface area contributed by atoms with Gasteiger partial charge in [-0.3, -0.25) is 0 Å². The van der Waals surface area contributed by atoms with Gasteiger partial charge < -0.3 is 9.84 Å². The highest BCUT2D eigenvalue weighted by Crippen LogP contribution is 2.29. The lowest BCUT2D eigenvalue weighted by Crippen LogP contribution is -2.01. The molecule has 1 aromatic carbocycles. The molecule has 20 heavy (non-hydrogen) atoms. The molecule has 2 aromatic rings. The van der Waals surface area contributed by atoms with E-state index < -0.39 is 6.10 Å². The van der Waals surface area contributed by atoms with Crippen LogP contribution in [0.15, 0.2) is 28.1 Å². The van der Waals surface area contributed by atoms with Crippen molar-refractivity contribution in [2.45, 2.75) is 39.4 Å². The summed E-state index contributed by atoms with van der Waals surface area (Å²) in [5.41, 5.74) is 1.71. The van der Waals surface area contributed by atoms with Crippen molar-refractivity contribution in [2.24, 2.45) is 0 Å². The van der Waals surface area contributed by atoms with Gasteiger partial charge in [-0.25, -0.2) is 4.98 Å². The van der Waals surface area contributed by atoms with Gasteiger partial charge in [0.15, 0.2) is 0 Å². The third kappa shape index (κ3) is 3.81. The molecule has 1 aromatic heterocycles. The number of benzene rings is 1. The standard InChI is InChI=1S/C15H18BrNO2S/c1-9(2)15-17-12(8-20-15)7-19-14-5-4-11(16)6-13(14)10(3)18/h4-6,8-10,18H,7H2,1-3H3/t10-/m0/s1. The minimum Gasteiger partial charge on any atom is -0.487 e. The Hall–Kier alpha value is -0.910. The molecule has 0 fully saturated rings. The number of hydrogen-bond acceptors (Lipinski definition) is 4. The van der Waals surface area contributed by atoms with Crippen molar-refractivity contribution in [2.75, 3.05) is 0 Å². The van der Waals surface area contributed by atoms with Gasteiger partial charge >= 0.3 is 0 Å². The topological polar surface area (TPSA) is 42.4 Å². The quantitative estimate of drug-likeness (QED) is 0.847. The fourth-order valence-electron chi connectivity index (χ4n) is 1.78. The van der Waals surface area contributed by atoms with Crippen molar-refractivity contribution in [1.29, 1.82) is 0 Å². The van der Waals surface area contributed by atoms with Crippen molar-refractivity contribution >= 4 is 27.3 Å². The second-order valence-electron chi connectivity index (χ2n) is 4.98. The highest BCUT2D eigenvalue weighted by atomic mass is 79.9. The molecule has 108 valence electrons. The average molecular weight is 356 g/mol. The van der Waals surface area contributed by atoms with Crippen molar-refractivity contribution in [3.63, 3.8) is 0 Å². The van der Waals surface area contributed by atoms with E-state index in [-0.39, 0.29) is 0 Å². The second kappa shape index (κ2) is 6.70. The van der Waals surface area contributed by atoms with E-state index in [0.717, 1.165) is 20.7 Å². The van der Waals surface area contributed by atoms with E-state index in [2.05, 4.69) is 34.8 Å². The van der Waals surface area contributed by atoms with E-state index in [1.54, 1.807) is 18.3 Å². The van der Waals surface area contributed by atoms with Crippen molar-refractivity contribution in [1.82, 2.24) is 4.98 Å². The summed E-state index contributed by atoms with van der Waals surface area (Å²) in [5.74, 6) is 1.14. The first-order valence-electron chi connectivity index (χ1n) is 6.52. The van der Waals surface area contributed by atoms with E-state index in [1.807, 2.05) is 23.6 Å². The van der Waals surface area contributed by atoms with Gasteiger partial charge in [0.05, 0.1) is 16.8 Å². The number of thiazole rings is 1. The lowest BCUT2D eigenvalue weighted by molar-refractivity contribution is 0.189. The van der Waals surface area contributed by atoms with Gasteiger partial charge in [0, 0.05) is 21.3 Å². The Morgan fingerprint density at radius 3 is 2.70 bits per heavy atom. The Labute approximate surface area is 131 Å². The number of ether oxygens (including phenoxy) is 1. The first kappa shape index (κ1) is 15.5. The van der Waals surface area contributed by atoms with Gasteiger partial charge in [-0.1, -0.05) is 29.8 Å². The van der Waals surface area contributed by atoms with E-state index in [4.69, 9.17) is 4.74 Å². The summed E-state index contributed by atoms with van der Waals surface area (Å²) < 4.78 is 6.72. The highest BCUT2D eigenvalue weighted by molar-refractivity contribution is 9.10. The van der Waals surface area contributed by atoms with Gasteiger partial charge in [-0.05, 0) is 25.1 Å². The molecule has 2 rings (SSSR count). The number of halogens is 1. The van der Waals surface area contributed by atoms with Gasteiger partial charge in [-0.15, -0.1) is 11.3 Å². The van der Waals surface area contributed by atoms with Crippen molar-refractivity contribution < 1.29 is 9.84 Å². The Balaban J connectivity index is 2.10. The largest absolute Gasteiger partial charge is 0.487 e. The SMILES string of the molecule is CC(C)c1nc(COc2ccc(Br)cc2[C@H](C)O)cs1. The van der Waals surface area contributed by atoms with Crippen LogP contribution >= 0.6 is 27.3 Å². The fourth-order valence-corrected chi connectivity index (χ4v) is 2.98. The van der Waals surface area contributed by atoms with Gasteiger partial charge in [0.1, 0.15) is 12.4 Å². The first-order chi connectivity index (χ1) is 9.47. The van der Waals surface area contributed by atoms with E-state index >= 15 is 0 Å². The number of nitrogens with zero attached hydrogens (tertiary/aromatic N) is 1. The maximum atomic E-state index is 9.79. The highest BCUT2D eigenvalue weighted by Gasteiger charge is 2.11. The monoisotopic (exact) mass is 355 g/mol. The Morgan fingerprint density at radius 2 is 2.10 bits per heavy atom.